The van der Waals surface area contributed by atoms with Gasteiger partial charge in [0.1, 0.15) is 11.6 Å². The molecule has 1 aromatic carbocycles. The molecule has 0 spiro atoms. The summed E-state index contributed by atoms with van der Waals surface area (Å²) in [6.45, 7) is 5.77. The molecule has 2 N–H and O–H groups in total. The second-order valence-electron chi connectivity index (χ2n) is 8.16. The lowest BCUT2D eigenvalue weighted by Gasteiger charge is -2.36. The van der Waals surface area contributed by atoms with Crippen LogP contribution in [-0.4, -0.2) is 16.7 Å². The van der Waals surface area contributed by atoms with Crippen LogP contribution in [0.3, 0.4) is 0 Å². The summed E-state index contributed by atoms with van der Waals surface area (Å²) >= 11 is 0. The van der Waals surface area contributed by atoms with E-state index in [1.54, 1.807) is 24.4 Å². The number of pyridine rings is 1. The Labute approximate surface area is 175 Å². The fraction of sp³-hybridized carbons (Fsp3) is 0.292. The quantitative estimate of drug-likeness (QED) is 0.795. The summed E-state index contributed by atoms with van der Waals surface area (Å²) in [6, 6.07) is 9.72. The summed E-state index contributed by atoms with van der Waals surface area (Å²) in [5.74, 6) is -0.741. The van der Waals surface area contributed by atoms with Crippen molar-refractivity contribution in [3.8, 4) is 0 Å². The van der Waals surface area contributed by atoms with Crippen LogP contribution in [0, 0.1) is 18.7 Å². The molecule has 2 atom stereocenters. The zero-order valence-electron chi connectivity index (χ0n) is 17.3. The van der Waals surface area contributed by atoms with Gasteiger partial charge in [0, 0.05) is 41.1 Å². The van der Waals surface area contributed by atoms with Gasteiger partial charge in [0.25, 0.3) is 5.91 Å². The van der Waals surface area contributed by atoms with Gasteiger partial charge < -0.3 is 10.6 Å². The second-order valence-corrected chi connectivity index (χ2v) is 8.16. The number of anilines is 1. The first kappa shape index (κ1) is 20.0. The standard InChI is InChI=1S/C24H24FN3O2/c1-13-7-8-20(26-12-13)28-24(30)21-15(3)27-18-9-14(2)10-19(29)23(18)22(21)16-5-4-6-17(25)11-16/h4-8,11-12,14,22,27H,9-10H2,1-3H3,(H,26,28,30)/t14-,22-/m0/s1. The Hall–Kier alpha value is -3.28. The zero-order valence-corrected chi connectivity index (χ0v) is 17.3. The van der Waals surface area contributed by atoms with E-state index in [0.717, 1.165) is 17.7 Å². The van der Waals surface area contributed by atoms with E-state index in [9.17, 15) is 14.0 Å². The van der Waals surface area contributed by atoms with Crippen LogP contribution in [0.4, 0.5) is 10.2 Å². The predicted octanol–water partition coefficient (Wildman–Crippen LogP) is 4.38. The number of hydrogen-bond donors (Lipinski definition) is 2. The number of Topliss-reactive ketones (excluding diaryl/α,β-unsaturated/α-hetero) is 1. The lowest BCUT2D eigenvalue weighted by Crippen LogP contribution is -2.37. The molecule has 4 rings (SSSR count). The van der Waals surface area contributed by atoms with Gasteiger partial charge in [-0.25, -0.2) is 9.37 Å². The molecular formula is C24H24FN3O2. The van der Waals surface area contributed by atoms with Gasteiger partial charge in [0.15, 0.2) is 5.78 Å². The Morgan fingerprint density at radius 3 is 2.70 bits per heavy atom. The van der Waals surface area contributed by atoms with Gasteiger partial charge in [-0.3, -0.25) is 9.59 Å². The lowest BCUT2D eigenvalue weighted by molar-refractivity contribution is -0.117. The molecule has 0 saturated heterocycles. The maximum absolute atomic E-state index is 14.1. The molecule has 6 heteroatoms. The van der Waals surface area contributed by atoms with Crippen molar-refractivity contribution in [2.45, 2.75) is 39.5 Å². The van der Waals surface area contributed by atoms with Crippen molar-refractivity contribution < 1.29 is 14.0 Å². The smallest absolute Gasteiger partial charge is 0.255 e. The fourth-order valence-electron chi connectivity index (χ4n) is 4.28. The first-order valence-electron chi connectivity index (χ1n) is 10.1. The van der Waals surface area contributed by atoms with Crippen LogP contribution in [0.2, 0.25) is 0 Å². The van der Waals surface area contributed by atoms with Crippen molar-refractivity contribution in [2.75, 3.05) is 5.32 Å². The molecule has 1 aliphatic heterocycles. The Morgan fingerprint density at radius 1 is 1.20 bits per heavy atom. The highest BCUT2D eigenvalue weighted by Crippen LogP contribution is 2.43. The number of nitrogens with zero attached hydrogens (tertiary/aromatic N) is 1. The number of carbonyl (C=O) groups excluding carboxylic acids is 2. The van der Waals surface area contributed by atoms with Crippen molar-refractivity contribution in [3.63, 3.8) is 0 Å². The number of benzene rings is 1. The molecule has 30 heavy (non-hydrogen) atoms. The largest absolute Gasteiger partial charge is 0.362 e. The number of nitrogens with one attached hydrogen (secondary N) is 2. The third-order valence-corrected chi connectivity index (χ3v) is 5.61. The Bertz CT molecular complexity index is 1090. The molecule has 1 aromatic heterocycles. The first-order chi connectivity index (χ1) is 14.3. The molecule has 5 nitrogen and oxygen atoms in total. The van der Waals surface area contributed by atoms with Gasteiger partial charge in [-0.1, -0.05) is 25.1 Å². The maximum Gasteiger partial charge on any atom is 0.255 e. The van der Waals surface area contributed by atoms with Crippen molar-refractivity contribution in [1.29, 1.82) is 0 Å². The maximum atomic E-state index is 14.1. The number of aryl methyl sites for hydroxylation is 1. The average Bonchev–Trinajstić information content (AvgIpc) is 2.68. The molecule has 2 aliphatic rings. The fourth-order valence-corrected chi connectivity index (χ4v) is 4.28. The lowest BCUT2D eigenvalue weighted by atomic mass is 9.73. The molecule has 0 unspecified atom stereocenters. The highest BCUT2D eigenvalue weighted by Gasteiger charge is 2.40. The molecule has 154 valence electrons. The van der Waals surface area contributed by atoms with Crippen LogP contribution in [0.1, 0.15) is 43.7 Å². The van der Waals surface area contributed by atoms with Crippen molar-refractivity contribution in [3.05, 3.63) is 82.1 Å². The zero-order chi connectivity index (χ0) is 21.4. The van der Waals surface area contributed by atoms with E-state index in [-0.39, 0.29) is 17.6 Å². The minimum Gasteiger partial charge on any atom is -0.362 e. The molecular weight excluding hydrogens is 381 g/mol. The summed E-state index contributed by atoms with van der Waals surface area (Å²) in [4.78, 5) is 30.6. The molecule has 0 fully saturated rings. The minimum absolute atomic E-state index is 0.00299. The predicted molar refractivity (Wildman–Crippen MR) is 113 cm³/mol. The van der Waals surface area contributed by atoms with E-state index in [1.807, 2.05) is 26.8 Å². The van der Waals surface area contributed by atoms with Crippen molar-refractivity contribution in [1.82, 2.24) is 10.3 Å². The molecule has 2 heterocycles. The normalized spacial score (nSPS) is 21.3. The minimum atomic E-state index is -0.623. The number of carbonyl (C=O) groups is 2. The second kappa shape index (κ2) is 7.86. The third-order valence-electron chi connectivity index (χ3n) is 5.61. The summed E-state index contributed by atoms with van der Waals surface area (Å²) in [5, 5.41) is 6.11. The van der Waals surface area contributed by atoms with Crippen molar-refractivity contribution in [2.24, 2.45) is 5.92 Å². The van der Waals surface area contributed by atoms with Crippen LogP contribution in [-0.2, 0) is 9.59 Å². The van der Waals surface area contributed by atoms with E-state index >= 15 is 0 Å². The molecule has 1 aliphatic carbocycles. The van der Waals surface area contributed by atoms with Crippen molar-refractivity contribution >= 4 is 17.5 Å². The van der Waals surface area contributed by atoms with Crippen LogP contribution in [0.15, 0.2) is 65.1 Å². The molecule has 0 bridgehead atoms. The summed E-state index contributed by atoms with van der Waals surface area (Å²) in [7, 11) is 0. The van der Waals surface area contributed by atoms with Gasteiger partial charge in [-0.2, -0.15) is 0 Å². The molecule has 1 amide bonds. The van der Waals surface area contributed by atoms with Gasteiger partial charge >= 0.3 is 0 Å². The Morgan fingerprint density at radius 2 is 2.00 bits per heavy atom. The van der Waals surface area contributed by atoms with Crippen LogP contribution >= 0.6 is 0 Å². The highest BCUT2D eigenvalue weighted by atomic mass is 19.1. The van der Waals surface area contributed by atoms with E-state index < -0.39 is 11.7 Å². The summed E-state index contributed by atoms with van der Waals surface area (Å²) in [6.07, 6.45) is 2.81. The summed E-state index contributed by atoms with van der Waals surface area (Å²) < 4.78 is 14.1. The monoisotopic (exact) mass is 405 g/mol. The Kier molecular flexibility index (Phi) is 5.24. The number of rotatable bonds is 3. The van der Waals surface area contributed by atoms with Crippen LogP contribution in [0.5, 0.6) is 0 Å². The number of dihydropyridines is 1. The van der Waals surface area contributed by atoms with E-state index in [1.165, 1.54) is 12.1 Å². The van der Waals surface area contributed by atoms with E-state index in [0.29, 0.717) is 34.6 Å². The average molecular weight is 405 g/mol. The van der Waals surface area contributed by atoms with E-state index in [2.05, 4.69) is 15.6 Å². The van der Waals surface area contributed by atoms with Gasteiger partial charge in [-0.05, 0) is 55.5 Å². The number of ketones is 1. The molecule has 0 saturated carbocycles. The summed E-state index contributed by atoms with van der Waals surface area (Å²) in [5.41, 5.74) is 4.03. The SMILES string of the molecule is CC1=C(C(=O)Nc2ccc(C)cn2)[C@H](c2cccc(F)c2)C2=C(C[C@H](C)CC2=O)N1. The van der Waals surface area contributed by atoms with Gasteiger partial charge in [0.2, 0.25) is 0 Å². The van der Waals surface area contributed by atoms with Crippen LogP contribution < -0.4 is 10.6 Å². The number of aromatic nitrogens is 1. The van der Waals surface area contributed by atoms with Crippen LogP contribution in [0.25, 0.3) is 0 Å². The number of amides is 1. The molecule has 2 aromatic rings. The van der Waals surface area contributed by atoms with E-state index in [4.69, 9.17) is 0 Å². The number of hydrogen-bond acceptors (Lipinski definition) is 4. The van der Waals surface area contributed by atoms with Gasteiger partial charge in [0.05, 0.1) is 0 Å². The first-order valence-corrected chi connectivity index (χ1v) is 10.1. The topological polar surface area (TPSA) is 71.1 Å². The molecule has 0 radical (unpaired) electrons. The Balaban J connectivity index is 1.79. The third kappa shape index (κ3) is 3.77. The highest BCUT2D eigenvalue weighted by molar-refractivity contribution is 6.09. The number of halogens is 1. The number of allylic oxidation sites excluding steroid dienone is 3. The van der Waals surface area contributed by atoms with Gasteiger partial charge in [-0.15, -0.1) is 0 Å².